The summed E-state index contributed by atoms with van der Waals surface area (Å²) >= 11 is 0. The number of halogens is 1. The summed E-state index contributed by atoms with van der Waals surface area (Å²) < 4.78 is 18.7. The molecule has 1 aliphatic rings. The quantitative estimate of drug-likeness (QED) is 0.671. The molecule has 1 fully saturated rings. The summed E-state index contributed by atoms with van der Waals surface area (Å²) in [4.78, 5) is 2.16. The zero-order chi connectivity index (χ0) is 9.84. The average Bonchev–Trinajstić information content (AvgIpc) is 2.02. The van der Waals surface area contributed by atoms with Gasteiger partial charge in [0.05, 0.1) is 12.2 Å². The maximum absolute atomic E-state index is 13.1. The van der Waals surface area contributed by atoms with Crippen LogP contribution >= 0.6 is 0 Å². The van der Waals surface area contributed by atoms with Crippen LogP contribution in [0.5, 0.6) is 0 Å². The Morgan fingerprint density at radius 3 is 2.38 bits per heavy atom. The highest BCUT2D eigenvalue weighted by molar-refractivity contribution is 4.74. The highest BCUT2D eigenvalue weighted by atomic mass is 19.1. The minimum absolute atomic E-state index is 0.243. The van der Waals surface area contributed by atoms with E-state index < -0.39 is 6.17 Å². The molecule has 1 saturated heterocycles. The highest BCUT2D eigenvalue weighted by Crippen LogP contribution is 2.12. The molecule has 3 atom stereocenters. The lowest BCUT2D eigenvalue weighted by Crippen LogP contribution is -2.47. The smallest absolute Gasteiger partial charge is 0.112 e. The first-order chi connectivity index (χ1) is 6.11. The molecule has 0 aromatic rings. The topological polar surface area (TPSA) is 12.5 Å². The molecule has 0 aromatic heterocycles. The van der Waals surface area contributed by atoms with E-state index in [1.165, 1.54) is 0 Å². The molecule has 1 unspecified atom stereocenters. The SMILES string of the molecule is CCC(F)CN1C[C@@H](C)O[C@@H](C)C1. The Labute approximate surface area is 80.1 Å². The van der Waals surface area contributed by atoms with Gasteiger partial charge in [0.25, 0.3) is 0 Å². The van der Waals surface area contributed by atoms with Crippen LogP contribution in [-0.4, -0.2) is 42.9 Å². The second-order valence-corrected chi connectivity index (χ2v) is 3.98. The Morgan fingerprint density at radius 1 is 1.38 bits per heavy atom. The van der Waals surface area contributed by atoms with Crippen molar-refractivity contribution in [1.29, 1.82) is 0 Å². The fourth-order valence-corrected chi connectivity index (χ4v) is 1.84. The molecule has 1 heterocycles. The number of hydrogen-bond acceptors (Lipinski definition) is 2. The monoisotopic (exact) mass is 189 g/mol. The van der Waals surface area contributed by atoms with E-state index in [2.05, 4.69) is 4.90 Å². The van der Waals surface area contributed by atoms with Gasteiger partial charge in [-0.15, -0.1) is 0 Å². The first-order valence-corrected chi connectivity index (χ1v) is 5.13. The lowest BCUT2D eigenvalue weighted by Gasteiger charge is -2.35. The van der Waals surface area contributed by atoms with Gasteiger partial charge in [-0.2, -0.15) is 0 Å². The van der Waals surface area contributed by atoms with Crippen LogP contribution in [0.25, 0.3) is 0 Å². The summed E-state index contributed by atoms with van der Waals surface area (Å²) in [6.07, 6.45) is 0.415. The van der Waals surface area contributed by atoms with E-state index in [4.69, 9.17) is 4.74 Å². The van der Waals surface area contributed by atoms with Gasteiger partial charge in [0, 0.05) is 19.6 Å². The van der Waals surface area contributed by atoms with Crippen LogP contribution in [0.2, 0.25) is 0 Å². The second kappa shape index (κ2) is 4.91. The van der Waals surface area contributed by atoms with Crippen molar-refractivity contribution < 1.29 is 9.13 Å². The van der Waals surface area contributed by atoms with Crippen LogP contribution in [-0.2, 0) is 4.74 Å². The van der Waals surface area contributed by atoms with Gasteiger partial charge in [0.2, 0.25) is 0 Å². The van der Waals surface area contributed by atoms with Gasteiger partial charge in [-0.25, -0.2) is 4.39 Å². The van der Waals surface area contributed by atoms with E-state index >= 15 is 0 Å². The van der Waals surface area contributed by atoms with Crippen LogP contribution in [0.3, 0.4) is 0 Å². The van der Waals surface area contributed by atoms with Crippen molar-refractivity contribution in [2.75, 3.05) is 19.6 Å². The molecule has 0 N–H and O–H groups in total. The Balaban J connectivity index is 2.32. The summed E-state index contributed by atoms with van der Waals surface area (Å²) in [5.41, 5.74) is 0. The predicted molar refractivity (Wildman–Crippen MR) is 51.6 cm³/mol. The number of hydrogen-bond donors (Lipinski definition) is 0. The van der Waals surface area contributed by atoms with Gasteiger partial charge in [-0.1, -0.05) is 6.92 Å². The third kappa shape index (κ3) is 3.61. The molecule has 1 rings (SSSR count). The molecule has 0 aromatic carbocycles. The number of alkyl halides is 1. The van der Waals surface area contributed by atoms with Gasteiger partial charge >= 0.3 is 0 Å². The Kier molecular flexibility index (Phi) is 4.13. The summed E-state index contributed by atoms with van der Waals surface area (Å²) in [7, 11) is 0. The molecular formula is C10H20FNO. The number of ether oxygens (including phenoxy) is 1. The summed E-state index contributed by atoms with van der Waals surface area (Å²) in [5.74, 6) is 0. The van der Waals surface area contributed by atoms with E-state index in [0.717, 1.165) is 13.1 Å². The number of rotatable bonds is 3. The number of morpholine rings is 1. The zero-order valence-electron chi connectivity index (χ0n) is 8.79. The van der Waals surface area contributed by atoms with Gasteiger partial charge in [0.15, 0.2) is 0 Å². The maximum Gasteiger partial charge on any atom is 0.112 e. The molecule has 3 heteroatoms. The minimum atomic E-state index is -0.683. The van der Waals surface area contributed by atoms with Crippen molar-refractivity contribution in [3.63, 3.8) is 0 Å². The third-order valence-corrected chi connectivity index (χ3v) is 2.39. The standard InChI is InChI=1S/C10H20FNO/c1-4-10(11)7-12-5-8(2)13-9(3)6-12/h8-10H,4-7H2,1-3H3/t8-,9+,10?. The largest absolute Gasteiger partial charge is 0.373 e. The van der Waals surface area contributed by atoms with Crippen LogP contribution in [0.15, 0.2) is 0 Å². The fraction of sp³-hybridized carbons (Fsp3) is 1.00. The molecule has 2 nitrogen and oxygen atoms in total. The Bertz CT molecular complexity index is 144. The second-order valence-electron chi connectivity index (χ2n) is 3.98. The molecule has 0 aliphatic carbocycles. The first kappa shape index (κ1) is 10.9. The fourth-order valence-electron chi connectivity index (χ4n) is 1.84. The summed E-state index contributed by atoms with van der Waals surface area (Å²) in [6.45, 7) is 8.27. The molecule has 0 amide bonds. The summed E-state index contributed by atoms with van der Waals surface area (Å²) in [6, 6.07) is 0. The molecule has 0 saturated carbocycles. The molecule has 0 spiro atoms. The lowest BCUT2D eigenvalue weighted by atomic mass is 10.2. The van der Waals surface area contributed by atoms with Crippen LogP contribution < -0.4 is 0 Å². The van der Waals surface area contributed by atoms with Crippen molar-refractivity contribution in [1.82, 2.24) is 4.90 Å². The molecule has 1 aliphatic heterocycles. The average molecular weight is 189 g/mol. The van der Waals surface area contributed by atoms with E-state index in [1.54, 1.807) is 0 Å². The van der Waals surface area contributed by atoms with E-state index in [0.29, 0.717) is 13.0 Å². The van der Waals surface area contributed by atoms with Crippen molar-refractivity contribution in [3.05, 3.63) is 0 Å². The van der Waals surface area contributed by atoms with E-state index in [1.807, 2.05) is 20.8 Å². The van der Waals surface area contributed by atoms with E-state index in [9.17, 15) is 4.39 Å². The van der Waals surface area contributed by atoms with Gasteiger partial charge in [0.1, 0.15) is 6.17 Å². The van der Waals surface area contributed by atoms with Gasteiger partial charge < -0.3 is 4.74 Å². The molecule has 78 valence electrons. The summed E-state index contributed by atoms with van der Waals surface area (Å²) in [5, 5.41) is 0. The van der Waals surface area contributed by atoms with Crippen LogP contribution in [0.4, 0.5) is 4.39 Å². The predicted octanol–water partition coefficient (Wildman–Crippen LogP) is 1.84. The molecule has 0 radical (unpaired) electrons. The Hall–Kier alpha value is -0.150. The molecular weight excluding hydrogens is 169 g/mol. The molecule has 0 bridgehead atoms. The Morgan fingerprint density at radius 2 is 1.92 bits per heavy atom. The van der Waals surface area contributed by atoms with Gasteiger partial charge in [-0.05, 0) is 20.3 Å². The van der Waals surface area contributed by atoms with E-state index in [-0.39, 0.29) is 12.2 Å². The van der Waals surface area contributed by atoms with Crippen molar-refractivity contribution in [2.45, 2.75) is 45.6 Å². The minimum Gasteiger partial charge on any atom is -0.373 e. The third-order valence-electron chi connectivity index (χ3n) is 2.39. The zero-order valence-corrected chi connectivity index (χ0v) is 8.79. The van der Waals surface area contributed by atoms with Crippen LogP contribution in [0.1, 0.15) is 27.2 Å². The normalized spacial score (nSPS) is 33.2. The number of nitrogens with zero attached hydrogens (tertiary/aromatic N) is 1. The first-order valence-electron chi connectivity index (χ1n) is 5.13. The van der Waals surface area contributed by atoms with Crippen LogP contribution in [0, 0.1) is 0 Å². The lowest BCUT2D eigenvalue weighted by molar-refractivity contribution is -0.0725. The van der Waals surface area contributed by atoms with Crippen molar-refractivity contribution in [2.24, 2.45) is 0 Å². The maximum atomic E-state index is 13.1. The highest BCUT2D eigenvalue weighted by Gasteiger charge is 2.23. The van der Waals surface area contributed by atoms with Gasteiger partial charge in [-0.3, -0.25) is 4.90 Å². The molecule has 13 heavy (non-hydrogen) atoms. The van der Waals surface area contributed by atoms with Crippen molar-refractivity contribution in [3.8, 4) is 0 Å². The van der Waals surface area contributed by atoms with Crippen molar-refractivity contribution >= 4 is 0 Å².